The number of hydrogen-bond acceptors (Lipinski definition) is 4. The minimum Gasteiger partial charge on any atom is -0.369 e. The van der Waals surface area contributed by atoms with Crippen LogP contribution < -0.4 is 0 Å². The van der Waals surface area contributed by atoms with Crippen molar-refractivity contribution in [1.82, 2.24) is 13.9 Å². The van der Waals surface area contributed by atoms with Crippen molar-refractivity contribution in [2.45, 2.75) is 32.7 Å². The molecule has 0 N–H and O–H groups in total. The van der Waals surface area contributed by atoms with E-state index < -0.39 is 10.0 Å². The summed E-state index contributed by atoms with van der Waals surface area (Å²) >= 11 is 0. The fraction of sp³-hybridized carbons (Fsp3) is 0.438. The molecule has 1 unspecified atom stereocenters. The van der Waals surface area contributed by atoms with Crippen LogP contribution in [0.15, 0.2) is 42.7 Å². The number of fused-ring (bicyclic) bond motifs is 1. The molecular formula is C16H21N3O3S. The zero-order valence-corrected chi connectivity index (χ0v) is 13.9. The predicted octanol–water partition coefficient (Wildman–Crippen LogP) is 1.63. The summed E-state index contributed by atoms with van der Waals surface area (Å²) in [5.74, 6) is 0.0979. The summed E-state index contributed by atoms with van der Waals surface area (Å²) in [6.07, 6.45) is 3.49. The monoisotopic (exact) mass is 335 g/mol. The van der Waals surface area contributed by atoms with E-state index in [4.69, 9.17) is 4.74 Å². The molecule has 0 amide bonds. The Morgan fingerprint density at radius 3 is 2.87 bits per heavy atom. The highest BCUT2D eigenvalue weighted by Gasteiger charge is 2.29. The minimum absolute atomic E-state index is 0.0979. The lowest BCUT2D eigenvalue weighted by atomic mass is 10.3. The standard InChI is InChI=1S/C16H21N3O3S/c1-2-23(20,21)19-10-15-7-5-9-18(15)11-16(12-19)22-13-14-6-3-4-8-17-14/h3-9,16H,2,10-13H2,1H3. The molecule has 0 aliphatic carbocycles. The number of nitrogens with zero attached hydrogens (tertiary/aromatic N) is 3. The molecule has 0 saturated carbocycles. The van der Waals surface area contributed by atoms with Gasteiger partial charge in [-0.1, -0.05) is 6.07 Å². The van der Waals surface area contributed by atoms with Crippen LogP contribution in [0.1, 0.15) is 18.3 Å². The molecule has 3 heterocycles. The van der Waals surface area contributed by atoms with Crippen LogP contribution in [0.25, 0.3) is 0 Å². The summed E-state index contributed by atoms with van der Waals surface area (Å²) in [7, 11) is -3.26. The number of pyridine rings is 1. The second-order valence-electron chi connectivity index (χ2n) is 5.60. The Hall–Kier alpha value is -1.70. The quantitative estimate of drug-likeness (QED) is 0.833. The van der Waals surface area contributed by atoms with Gasteiger partial charge in [0.2, 0.25) is 10.0 Å². The van der Waals surface area contributed by atoms with Gasteiger partial charge in [0.1, 0.15) is 0 Å². The summed E-state index contributed by atoms with van der Waals surface area (Å²) in [4.78, 5) is 4.24. The Labute approximate surface area is 136 Å². The van der Waals surface area contributed by atoms with Gasteiger partial charge in [0.25, 0.3) is 0 Å². The number of aromatic nitrogens is 2. The first-order valence-electron chi connectivity index (χ1n) is 7.72. The molecule has 0 saturated heterocycles. The fourth-order valence-corrected chi connectivity index (χ4v) is 3.79. The highest BCUT2D eigenvalue weighted by atomic mass is 32.2. The third-order valence-corrected chi connectivity index (χ3v) is 5.82. The van der Waals surface area contributed by atoms with Crippen LogP contribution in [0.2, 0.25) is 0 Å². The van der Waals surface area contributed by atoms with E-state index in [9.17, 15) is 8.42 Å². The zero-order valence-electron chi connectivity index (χ0n) is 13.1. The van der Waals surface area contributed by atoms with Gasteiger partial charge in [-0.3, -0.25) is 4.98 Å². The predicted molar refractivity (Wildman–Crippen MR) is 87.1 cm³/mol. The average molecular weight is 335 g/mol. The van der Waals surface area contributed by atoms with Gasteiger partial charge < -0.3 is 9.30 Å². The lowest BCUT2D eigenvalue weighted by molar-refractivity contribution is 0.0207. The van der Waals surface area contributed by atoms with Gasteiger partial charge in [0.05, 0.1) is 30.7 Å². The molecule has 1 atom stereocenters. The number of sulfonamides is 1. The first-order valence-corrected chi connectivity index (χ1v) is 9.33. The molecule has 23 heavy (non-hydrogen) atoms. The van der Waals surface area contributed by atoms with Crippen molar-refractivity contribution in [1.29, 1.82) is 0 Å². The van der Waals surface area contributed by atoms with Gasteiger partial charge in [0, 0.05) is 31.2 Å². The Kier molecular flexibility index (Phi) is 4.79. The molecule has 0 radical (unpaired) electrons. The van der Waals surface area contributed by atoms with Crippen LogP contribution in [0.3, 0.4) is 0 Å². The molecule has 7 heteroatoms. The first kappa shape index (κ1) is 16.2. The Morgan fingerprint density at radius 1 is 1.26 bits per heavy atom. The maximum atomic E-state index is 12.3. The lowest BCUT2D eigenvalue weighted by Gasteiger charge is -2.23. The summed E-state index contributed by atoms with van der Waals surface area (Å²) in [5, 5.41) is 0. The van der Waals surface area contributed by atoms with Gasteiger partial charge in [-0.25, -0.2) is 8.42 Å². The van der Waals surface area contributed by atoms with E-state index in [1.807, 2.05) is 36.5 Å². The van der Waals surface area contributed by atoms with E-state index in [1.165, 1.54) is 4.31 Å². The summed E-state index contributed by atoms with van der Waals surface area (Å²) in [6.45, 7) is 3.45. The molecule has 1 aliphatic rings. The molecule has 1 aliphatic heterocycles. The second kappa shape index (κ2) is 6.82. The molecule has 2 aromatic rings. The normalized spacial score (nSPS) is 19.3. The molecule has 124 valence electrons. The molecule has 2 aromatic heterocycles. The zero-order chi connectivity index (χ0) is 16.3. The topological polar surface area (TPSA) is 64.4 Å². The van der Waals surface area contributed by atoms with Crippen molar-refractivity contribution in [3.63, 3.8) is 0 Å². The average Bonchev–Trinajstić information content (AvgIpc) is 2.91. The summed E-state index contributed by atoms with van der Waals surface area (Å²) in [5.41, 5.74) is 1.83. The second-order valence-corrected chi connectivity index (χ2v) is 7.86. The van der Waals surface area contributed by atoms with Crippen molar-refractivity contribution in [3.05, 3.63) is 54.1 Å². The highest BCUT2D eigenvalue weighted by molar-refractivity contribution is 7.89. The van der Waals surface area contributed by atoms with Crippen molar-refractivity contribution >= 4 is 10.0 Å². The van der Waals surface area contributed by atoms with Gasteiger partial charge >= 0.3 is 0 Å². The third kappa shape index (κ3) is 3.80. The van der Waals surface area contributed by atoms with Crippen LogP contribution in [0.5, 0.6) is 0 Å². The van der Waals surface area contributed by atoms with E-state index >= 15 is 0 Å². The fourth-order valence-electron chi connectivity index (χ4n) is 2.71. The number of rotatable bonds is 5. The number of ether oxygens (including phenoxy) is 1. The van der Waals surface area contributed by atoms with E-state index in [1.54, 1.807) is 13.1 Å². The molecule has 6 nitrogen and oxygen atoms in total. The SMILES string of the molecule is CCS(=O)(=O)N1Cc2cccn2CC(OCc2ccccn2)C1. The van der Waals surface area contributed by atoms with Gasteiger partial charge in [-0.15, -0.1) is 0 Å². The van der Waals surface area contributed by atoms with Crippen LogP contribution in [0.4, 0.5) is 0 Å². The van der Waals surface area contributed by atoms with Crippen LogP contribution >= 0.6 is 0 Å². The lowest BCUT2D eigenvalue weighted by Crippen LogP contribution is -2.38. The highest BCUT2D eigenvalue weighted by Crippen LogP contribution is 2.19. The van der Waals surface area contributed by atoms with Gasteiger partial charge in [0.15, 0.2) is 0 Å². The summed E-state index contributed by atoms with van der Waals surface area (Å²) < 4.78 is 34.2. The van der Waals surface area contributed by atoms with Crippen molar-refractivity contribution in [2.75, 3.05) is 12.3 Å². The van der Waals surface area contributed by atoms with Crippen molar-refractivity contribution in [2.24, 2.45) is 0 Å². The minimum atomic E-state index is -3.26. The van der Waals surface area contributed by atoms with Crippen LogP contribution in [-0.2, 0) is 34.5 Å². The van der Waals surface area contributed by atoms with E-state index in [-0.39, 0.29) is 11.9 Å². The molecule has 0 spiro atoms. The molecule has 0 fully saturated rings. The first-order chi connectivity index (χ1) is 11.1. The van der Waals surface area contributed by atoms with Crippen LogP contribution in [0, 0.1) is 0 Å². The molecule has 3 rings (SSSR count). The summed E-state index contributed by atoms with van der Waals surface area (Å²) in [6, 6.07) is 9.57. The van der Waals surface area contributed by atoms with Crippen molar-refractivity contribution in [3.8, 4) is 0 Å². The van der Waals surface area contributed by atoms with Crippen LogP contribution in [-0.4, -0.2) is 40.7 Å². The maximum Gasteiger partial charge on any atom is 0.214 e. The van der Waals surface area contributed by atoms with Gasteiger partial charge in [-0.05, 0) is 31.2 Å². The van der Waals surface area contributed by atoms with Crippen molar-refractivity contribution < 1.29 is 13.2 Å². The van der Waals surface area contributed by atoms with E-state index in [0.717, 1.165) is 11.4 Å². The van der Waals surface area contributed by atoms with E-state index in [0.29, 0.717) is 26.2 Å². The third-order valence-electron chi connectivity index (χ3n) is 4.02. The molecule has 0 aromatic carbocycles. The Morgan fingerprint density at radius 2 is 2.13 bits per heavy atom. The maximum absolute atomic E-state index is 12.3. The largest absolute Gasteiger partial charge is 0.369 e. The smallest absolute Gasteiger partial charge is 0.214 e. The molecule has 0 bridgehead atoms. The van der Waals surface area contributed by atoms with E-state index in [2.05, 4.69) is 9.55 Å². The number of hydrogen-bond donors (Lipinski definition) is 0. The van der Waals surface area contributed by atoms with Gasteiger partial charge in [-0.2, -0.15) is 4.31 Å². The molecular weight excluding hydrogens is 314 g/mol. The Balaban J connectivity index is 1.77. The Bertz CT molecular complexity index is 743.